The number of rotatable bonds is 6. The quantitative estimate of drug-likeness (QED) is 0.466. The van der Waals surface area contributed by atoms with Crippen LogP contribution >= 0.6 is 0 Å². The van der Waals surface area contributed by atoms with Crippen LogP contribution in [0.15, 0.2) is 77.4 Å². The fraction of sp³-hybridized carbons (Fsp3) is 0.130. The van der Waals surface area contributed by atoms with Crippen molar-refractivity contribution in [2.75, 3.05) is 12.0 Å². The van der Waals surface area contributed by atoms with Crippen LogP contribution in [0, 0.1) is 6.92 Å². The van der Waals surface area contributed by atoms with Crippen molar-refractivity contribution in [2.24, 2.45) is 0 Å². The molecular formula is C23H21NO4. The van der Waals surface area contributed by atoms with E-state index in [1.54, 1.807) is 47.6 Å². The molecule has 2 aromatic carbocycles. The highest BCUT2D eigenvalue weighted by Gasteiger charge is 2.15. The Labute approximate surface area is 163 Å². The topological polar surface area (TPSA) is 59.8 Å². The summed E-state index contributed by atoms with van der Waals surface area (Å²) in [6.07, 6.45) is 4.81. The van der Waals surface area contributed by atoms with Gasteiger partial charge in [-0.05, 0) is 55.0 Å². The normalized spacial score (nSPS) is 10.8. The number of furan rings is 1. The Morgan fingerprint density at radius 2 is 1.75 bits per heavy atom. The predicted octanol–water partition coefficient (Wildman–Crippen LogP) is 4.62. The van der Waals surface area contributed by atoms with Gasteiger partial charge in [-0.25, -0.2) is 4.79 Å². The average molecular weight is 375 g/mol. The molecule has 0 N–H and O–H groups in total. The monoisotopic (exact) mass is 375 g/mol. The first-order chi connectivity index (χ1) is 13.6. The van der Waals surface area contributed by atoms with Crippen LogP contribution in [-0.4, -0.2) is 19.0 Å². The maximum absolute atomic E-state index is 12.9. The molecule has 3 aromatic rings. The van der Waals surface area contributed by atoms with E-state index < -0.39 is 5.97 Å². The van der Waals surface area contributed by atoms with Crippen LogP contribution in [0.25, 0.3) is 6.08 Å². The number of aryl methyl sites for hydroxylation is 1. The van der Waals surface area contributed by atoms with Gasteiger partial charge in [-0.1, -0.05) is 29.8 Å². The molecule has 0 atom stereocenters. The molecule has 0 unspecified atom stereocenters. The third kappa shape index (κ3) is 4.76. The van der Waals surface area contributed by atoms with Crippen molar-refractivity contribution < 1.29 is 18.7 Å². The summed E-state index contributed by atoms with van der Waals surface area (Å²) >= 11 is 0. The number of nitrogens with zero attached hydrogens (tertiary/aromatic N) is 1. The molecule has 1 aromatic heterocycles. The van der Waals surface area contributed by atoms with E-state index in [0.717, 1.165) is 16.8 Å². The zero-order valence-corrected chi connectivity index (χ0v) is 15.8. The summed E-state index contributed by atoms with van der Waals surface area (Å²) in [6, 6.07) is 18.2. The fourth-order valence-electron chi connectivity index (χ4n) is 2.69. The molecule has 3 rings (SSSR count). The van der Waals surface area contributed by atoms with Crippen molar-refractivity contribution >= 4 is 23.6 Å². The van der Waals surface area contributed by atoms with Crippen molar-refractivity contribution in [1.29, 1.82) is 0 Å². The van der Waals surface area contributed by atoms with Crippen molar-refractivity contribution in [3.05, 3.63) is 95.5 Å². The Morgan fingerprint density at radius 1 is 1.04 bits per heavy atom. The molecule has 0 spiro atoms. The summed E-state index contributed by atoms with van der Waals surface area (Å²) in [5.74, 6) is 0.137. The molecule has 0 fully saturated rings. The van der Waals surface area contributed by atoms with Gasteiger partial charge in [0, 0.05) is 11.8 Å². The molecule has 0 saturated heterocycles. The van der Waals surface area contributed by atoms with Gasteiger partial charge >= 0.3 is 5.97 Å². The smallest absolute Gasteiger partial charge is 0.337 e. The third-order valence-corrected chi connectivity index (χ3v) is 4.26. The number of ether oxygens (including phenoxy) is 1. The number of methoxy groups -OCH3 is 1. The Hall–Kier alpha value is -3.60. The summed E-state index contributed by atoms with van der Waals surface area (Å²) in [5.41, 5.74) is 3.18. The predicted molar refractivity (Wildman–Crippen MR) is 108 cm³/mol. The van der Waals surface area contributed by atoms with E-state index in [4.69, 9.17) is 4.42 Å². The van der Waals surface area contributed by atoms with E-state index in [2.05, 4.69) is 4.74 Å². The standard InChI is InChI=1S/C23H21NO4/c1-17-5-12-20(13-6-17)24(16-21-4-3-15-28-21)22(25)14-9-18-7-10-19(11-8-18)23(26)27-2/h3-15H,16H2,1-2H3/b14-9+. The van der Waals surface area contributed by atoms with Crippen LogP contribution in [0.5, 0.6) is 0 Å². The second-order valence-corrected chi connectivity index (χ2v) is 6.29. The van der Waals surface area contributed by atoms with E-state index in [-0.39, 0.29) is 5.91 Å². The van der Waals surface area contributed by atoms with Gasteiger partial charge in [0.15, 0.2) is 0 Å². The zero-order valence-electron chi connectivity index (χ0n) is 15.8. The number of carbonyl (C=O) groups is 2. The van der Waals surface area contributed by atoms with E-state index in [9.17, 15) is 9.59 Å². The van der Waals surface area contributed by atoms with Crippen LogP contribution in [-0.2, 0) is 16.1 Å². The summed E-state index contributed by atoms with van der Waals surface area (Å²) in [4.78, 5) is 26.0. The van der Waals surface area contributed by atoms with Crippen molar-refractivity contribution in [3.8, 4) is 0 Å². The van der Waals surface area contributed by atoms with Crippen molar-refractivity contribution in [1.82, 2.24) is 0 Å². The summed E-state index contributed by atoms with van der Waals surface area (Å²) in [5, 5.41) is 0. The Balaban J connectivity index is 1.79. The van der Waals surface area contributed by atoms with Gasteiger partial charge in [0.05, 0.1) is 25.5 Å². The lowest BCUT2D eigenvalue weighted by atomic mass is 10.1. The van der Waals surface area contributed by atoms with Gasteiger partial charge in [-0.3, -0.25) is 4.79 Å². The number of hydrogen-bond donors (Lipinski definition) is 0. The largest absolute Gasteiger partial charge is 0.467 e. The van der Waals surface area contributed by atoms with Gasteiger partial charge in [0.2, 0.25) is 0 Å². The van der Waals surface area contributed by atoms with Crippen LogP contribution < -0.4 is 4.90 Å². The van der Waals surface area contributed by atoms with E-state index in [1.807, 2.05) is 37.3 Å². The first kappa shape index (κ1) is 19.2. The molecule has 28 heavy (non-hydrogen) atoms. The van der Waals surface area contributed by atoms with Crippen LogP contribution in [0.3, 0.4) is 0 Å². The van der Waals surface area contributed by atoms with Gasteiger partial charge in [0.25, 0.3) is 5.91 Å². The molecule has 0 radical (unpaired) electrons. The number of esters is 1. The molecule has 1 heterocycles. The lowest BCUT2D eigenvalue weighted by Crippen LogP contribution is -2.28. The number of benzene rings is 2. The van der Waals surface area contributed by atoms with Crippen molar-refractivity contribution in [2.45, 2.75) is 13.5 Å². The first-order valence-corrected chi connectivity index (χ1v) is 8.84. The first-order valence-electron chi connectivity index (χ1n) is 8.84. The van der Waals surface area contributed by atoms with E-state index in [1.165, 1.54) is 13.2 Å². The molecule has 0 bridgehead atoms. The molecule has 1 amide bonds. The van der Waals surface area contributed by atoms with Crippen LogP contribution in [0.1, 0.15) is 27.2 Å². The van der Waals surface area contributed by atoms with Crippen LogP contribution in [0.2, 0.25) is 0 Å². The summed E-state index contributed by atoms with van der Waals surface area (Å²) < 4.78 is 10.1. The average Bonchev–Trinajstić information content (AvgIpc) is 3.24. The molecule has 5 nitrogen and oxygen atoms in total. The van der Waals surface area contributed by atoms with Crippen LogP contribution in [0.4, 0.5) is 5.69 Å². The number of amides is 1. The van der Waals surface area contributed by atoms with Gasteiger partial charge in [-0.2, -0.15) is 0 Å². The highest BCUT2D eigenvalue weighted by Crippen LogP contribution is 2.19. The van der Waals surface area contributed by atoms with Gasteiger partial charge in [0.1, 0.15) is 5.76 Å². The lowest BCUT2D eigenvalue weighted by molar-refractivity contribution is -0.114. The van der Waals surface area contributed by atoms with Gasteiger partial charge in [-0.15, -0.1) is 0 Å². The molecule has 5 heteroatoms. The lowest BCUT2D eigenvalue weighted by Gasteiger charge is -2.20. The van der Waals surface area contributed by atoms with E-state index in [0.29, 0.717) is 17.9 Å². The fourth-order valence-corrected chi connectivity index (χ4v) is 2.69. The van der Waals surface area contributed by atoms with Gasteiger partial charge < -0.3 is 14.1 Å². The molecule has 0 aliphatic rings. The Morgan fingerprint density at radius 3 is 2.36 bits per heavy atom. The second kappa shape index (κ2) is 8.86. The molecule has 0 aliphatic carbocycles. The molecule has 0 aliphatic heterocycles. The third-order valence-electron chi connectivity index (χ3n) is 4.26. The molecule has 0 saturated carbocycles. The van der Waals surface area contributed by atoms with E-state index >= 15 is 0 Å². The number of anilines is 1. The van der Waals surface area contributed by atoms with Crippen molar-refractivity contribution in [3.63, 3.8) is 0 Å². The minimum atomic E-state index is -0.393. The summed E-state index contributed by atoms with van der Waals surface area (Å²) in [6.45, 7) is 2.33. The maximum Gasteiger partial charge on any atom is 0.337 e. The highest BCUT2D eigenvalue weighted by molar-refractivity contribution is 6.03. The number of carbonyl (C=O) groups excluding carboxylic acids is 2. The summed E-state index contributed by atoms with van der Waals surface area (Å²) in [7, 11) is 1.34. The minimum Gasteiger partial charge on any atom is -0.467 e. The Kier molecular flexibility index (Phi) is 6.07. The second-order valence-electron chi connectivity index (χ2n) is 6.29. The minimum absolute atomic E-state index is 0.169. The number of hydrogen-bond acceptors (Lipinski definition) is 4. The highest BCUT2D eigenvalue weighted by atomic mass is 16.5. The molecular weight excluding hydrogens is 354 g/mol. The maximum atomic E-state index is 12.9. The molecule has 142 valence electrons. The Bertz CT molecular complexity index is 955. The SMILES string of the molecule is COC(=O)c1ccc(/C=C/C(=O)N(Cc2ccco2)c2ccc(C)cc2)cc1. The zero-order chi connectivity index (χ0) is 19.9.